The van der Waals surface area contributed by atoms with Gasteiger partial charge >= 0.3 is 0 Å². The lowest BCUT2D eigenvalue weighted by Crippen LogP contribution is -2.00. The van der Waals surface area contributed by atoms with Gasteiger partial charge in [-0.1, -0.05) is 15.9 Å². The fraction of sp³-hybridized carbons (Fsp3) is 0.300. The van der Waals surface area contributed by atoms with Crippen molar-refractivity contribution in [1.29, 1.82) is 0 Å². The monoisotopic (exact) mass is 413 g/mol. The third-order valence-electron chi connectivity index (χ3n) is 4.39. The molecule has 0 spiro atoms. The Hall–Kier alpha value is -2.34. The van der Waals surface area contributed by atoms with Crippen LogP contribution in [0.4, 0.5) is 0 Å². The molecule has 0 aliphatic rings. The van der Waals surface area contributed by atoms with E-state index in [-0.39, 0.29) is 0 Å². The van der Waals surface area contributed by atoms with E-state index < -0.39 is 0 Å². The summed E-state index contributed by atoms with van der Waals surface area (Å²) in [7, 11) is 0. The zero-order chi connectivity index (χ0) is 18.3. The Morgan fingerprint density at radius 1 is 0.923 bits per heavy atom. The molecule has 2 aromatic heterocycles. The summed E-state index contributed by atoms with van der Waals surface area (Å²) < 4.78 is 14.7. The van der Waals surface area contributed by atoms with E-state index >= 15 is 0 Å². The van der Waals surface area contributed by atoms with Crippen molar-refractivity contribution < 1.29 is 9.47 Å². The average molecular weight is 414 g/mol. The Bertz CT molecular complexity index is 1120. The van der Waals surface area contributed by atoms with Crippen LogP contribution in [0.25, 0.3) is 33.1 Å². The molecule has 0 N–H and O–H groups in total. The molecule has 0 fully saturated rings. The number of nitrogens with zero attached hydrogens (tertiary/aromatic N) is 3. The number of fused-ring (bicyclic) bond motifs is 4. The molecule has 0 atom stereocenters. The van der Waals surface area contributed by atoms with Crippen molar-refractivity contribution in [1.82, 2.24) is 14.5 Å². The second-order valence-electron chi connectivity index (χ2n) is 5.96. The average Bonchev–Trinajstić information content (AvgIpc) is 2.93. The standard InChI is InChI=1S/C20H20BrN3O2/c1-4-24-16-8-7-12(21)9-13(16)19-20(24)23-15-11-18(26-6-3)17(25-5-2)10-14(15)22-19/h7-11H,4-6H2,1-3H3. The van der Waals surface area contributed by atoms with Crippen LogP contribution >= 0.6 is 15.9 Å². The highest BCUT2D eigenvalue weighted by atomic mass is 79.9. The molecule has 26 heavy (non-hydrogen) atoms. The topological polar surface area (TPSA) is 49.2 Å². The SMILES string of the molecule is CCOc1cc2nc3c4cc(Br)ccc4n(CC)c3nc2cc1OCC. The third kappa shape index (κ3) is 2.69. The number of hydrogen-bond donors (Lipinski definition) is 0. The van der Waals surface area contributed by atoms with Crippen molar-refractivity contribution in [2.45, 2.75) is 27.3 Å². The maximum atomic E-state index is 5.74. The summed E-state index contributed by atoms with van der Waals surface area (Å²) in [5, 5.41) is 1.09. The molecule has 0 radical (unpaired) electrons. The molecule has 0 amide bonds. The van der Waals surface area contributed by atoms with Gasteiger partial charge in [0, 0.05) is 28.5 Å². The summed E-state index contributed by atoms with van der Waals surface area (Å²) in [4.78, 5) is 9.83. The molecule has 0 bridgehead atoms. The molecule has 4 rings (SSSR count). The van der Waals surface area contributed by atoms with E-state index in [2.05, 4.69) is 39.6 Å². The predicted molar refractivity (Wildman–Crippen MR) is 108 cm³/mol. The van der Waals surface area contributed by atoms with Crippen molar-refractivity contribution in [3.63, 3.8) is 0 Å². The van der Waals surface area contributed by atoms with Crippen molar-refractivity contribution in [2.75, 3.05) is 13.2 Å². The van der Waals surface area contributed by atoms with E-state index in [1.807, 2.05) is 32.0 Å². The summed E-state index contributed by atoms with van der Waals surface area (Å²) in [6.45, 7) is 8.02. The summed E-state index contributed by atoms with van der Waals surface area (Å²) in [5.41, 5.74) is 4.54. The Labute approximate surface area is 160 Å². The summed E-state index contributed by atoms with van der Waals surface area (Å²) in [6.07, 6.45) is 0. The van der Waals surface area contributed by atoms with Crippen LogP contribution in [0.3, 0.4) is 0 Å². The number of aryl methyl sites for hydroxylation is 1. The van der Waals surface area contributed by atoms with Gasteiger partial charge in [0.1, 0.15) is 5.52 Å². The molecule has 0 unspecified atom stereocenters. The van der Waals surface area contributed by atoms with Gasteiger partial charge in [0.15, 0.2) is 17.1 Å². The molecule has 0 saturated heterocycles. The van der Waals surface area contributed by atoms with E-state index in [1.54, 1.807) is 0 Å². The zero-order valence-corrected chi connectivity index (χ0v) is 16.6. The third-order valence-corrected chi connectivity index (χ3v) is 4.88. The second kappa shape index (κ2) is 6.76. The number of hydrogen-bond acceptors (Lipinski definition) is 4. The highest BCUT2D eigenvalue weighted by Crippen LogP contribution is 2.35. The van der Waals surface area contributed by atoms with Gasteiger partial charge in [0.05, 0.1) is 29.8 Å². The summed E-state index contributed by atoms with van der Waals surface area (Å²) in [6, 6.07) is 10.1. The molecule has 0 aliphatic heterocycles. The zero-order valence-electron chi connectivity index (χ0n) is 15.0. The summed E-state index contributed by atoms with van der Waals surface area (Å²) >= 11 is 3.56. The maximum absolute atomic E-state index is 5.74. The van der Waals surface area contributed by atoms with E-state index in [0.717, 1.165) is 44.1 Å². The van der Waals surface area contributed by atoms with E-state index in [0.29, 0.717) is 24.7 Å². The lowest BCUT2D eigenvalue weighted by molar-refractivity contribution is 0.288. The molecular weight excluding hydrogens is 394 g/mol. The quantitative estimate of drug-likeness (QED) is 0.444. The maximum Gasteiger partial charge on any atom is 0.163 e. The van der Waals surface area contributed by atoms with Crippen LogP contribution in [0.1, 0.15) is 20.8 Å². The first-order valence-corrected chi connectivity index (χ1v) is 9.64. The molecule has 5 nitrogen and oxygen atoms in total. The van der Waals surface area contributed by atoms with E-state index in [1.165, 1.54) is 0 Å². The van der Waals surface area contributed by atoms with Crippen LogP contribution in [-0.2, 0) is 6.54 Å². The fourth-order valence-electron chi connectivity index (χ4n) is 3.33. The second-order valence-corrected chi connectivity index (χ2v) is 6.87. The first-order chi connectivity index (χ1) is 12.7. The predicted octanol–water partition coefficient (Wildman–Crippen LogP) is 5.32. The van der Waals surface area contributed by atoms with Gasteiger partial charge in [-0.3, -0.25) is 0 Å². The van der Waals surface area contributed by atoms with Crippen LogP contribution in [0.2, 0.25) is 0 Å². The fourth-order valence-corrected chi connectivity index (χ4v) is 3.69. The van der Waals surface area contributed by atoms with Crippen LogP contribution in [-0.4, -0.2) is 27.7 Å². The number of halogens is 1. The van der Waals surface area contributed by atoms with Crippen LogP contribution in [0.15, 0.2) is 34.8 Å². The molecule has 4 aromatic rings. The number of benzene rings is 2. The summed E-state index contributed by atoms with van der Waals surface area (Å²) in [5.74, 6) is 1.41. The van der Waals surface area contributed by atoms with Crippen molar-refractivity contribution >= 4 is 49.0 Å². The number of rotatable bonds is 5. The van der Waals surface area contributed by atoms with E-state index in [4.69, 9.17) is 19.4 Å². The highest BCUT2D eigenvalue weighted by Gasteiger charge is 2.16. The first-order valence-electron chi connectivity index (χ1n) is 8.85. The minimum atomic E-state index is 0.573. The van der Waals surface area contributed by atoms with E-state index in [9.17, 15) is 0 Å². The lowest BCUT2D eigenvalue weighted by atomic mass is 10.2. The van der Waals surface area contributed by atoms with Crippen molar-refractivity contribution in [2.24, 2.45) is 0 Å². The largest absolute Gasteiger partial charge is 0.490 e. The molecule has 134 valence electrons. The molecule has 0 saturated carbocycles. The lowest BCUT2D eigenvalue weighted by Gasteiger charge is -2.11. The van der Waals surface area contributed by atoms with Gasteiger partial charge in [-0.2, -0.15) is 0 Å². The highest BCUT2D eigenvalue weighted by molar-refractivity contribution is 9.10. The molecule has 0 aliphatic carbocycles. The first kappa shape index (κ1) is 17.1. The Morgan fingerprint density at radius 3 is 2.19 bits per heavy atom. The Morgan fingerprint density at radius 2 is 1.58 bits per heavy atom. The molecular formula is C20H20BrN3O2. The molecule has 2 heterocycles. The minimum absolute atomic E-state index is 0.573. The van der Waals surface area contributed by atoms with Gasteiger partial charge in [-0.25, -0.2) is 9.97 Å². The Balaban J connectivity index is 2.07. The van der Waals surface area contributed by atoms with Gasteiger partial charge in [0.25, 0.3) is 0 Å². The Kier molecular flexibility index (Phi) is 4.44. The van der Waals surface area contributed by atoms with Gasteiger partial charge in [-0.15, -0.1) is 0 Å². The molecule has 2 aromatic carbocycles. The van der Waals surface area contributed by atoms with Crippen LogP contribution in [0, 0.1) is 0 Å². The van der Waals surface area contributed by atoms with Crippen LogP contribution < -0.4 is 9.47 Å². The van der Waals surface area contributed by atoms with Gasteiger partial charge in [-0.05, 0) is 39.0 Å². The smallest absolute Gasteiger partial charge is 0.163 e. The normalized spacial score (nSPS) is 11.5. The van der Waals surface area contributed by atoms with Crippen molar-refractivity contribution in [3.05, 3.63) is 34.8 Å². The van der Waals surface area contributed by atoms with Crippen molar-refractivity contribution in [3.8, 4) is 11.5 Å². The minimum Gasteiger partial charge on any atom is -0.490 e. The molecule has 6 heteroatoms. The van der Waals surface area contributed by atoms with Gasteiger partial charge < -0.3 is 14.0 Å². The van der Waals surface area contributed by atoms with Gasteiger partial charge in [0.2, 0.25) is 0 Å². The van der Waals surface area contributed by atoms with Crippen LogP contribution in [0.5, 0.6) is 11.5 Å². The number of ether oxygens (including phenoxy) is 2. The number of aromatic nitrogens is 3.